The molecule has 0 bridgehead atoms. The molecule has 1 aliphatic heterocycles. The van der Waals surface area contributed by atoms with E-state index in [2.05, 4.69) is 10.1 Å². The van der Waals surface area contributed by atoms with Gasteiger partial charge in [-0.3, -0.25) is 9.59 Å². The number of carbonyl (C=O) groups is 1. The molecular formula is C15H15N3O3. The second-order valence-electron chi connectivity index (χ2n) is 4.93. The number of aromatic nitrogens is 1. The van der Waals surface area contributed by atoms with Crippen LogP contribution in [-0.2, 0) is 9.53 Å². The van der Waals surface area contributed by atoms with E-state index in [1.54, 1.807) is 37.6 Å². The molecule has 108 valence electrons. The van der Waals surface area contributed by atoms with E-state index in [-0.39, 0.29) is 24.0 Å². The Morgan fingerprint density at radius 1 is 1.33 bits per heavy atom. The smallest absolute Gasteiger partial charge is 0.255 e. The summed E-state index contributed by atoms with van der Waals surface area (Å²) in [6.45, 7) is 1.86. The van der Waals surface area contributed by atoms with E-state index in [9.17, 15) is 9.59 Å². The summed E-state index contributed by atoms with van der Waals surface area (Å²) in [7, 11) is 1.59. The third-order valence-corrected chi connectivity index (χ3v) is 3.62. The number of amides is 1. The number of benzene rings is 1. The Labute approximate surface area is 121 Å². The van der Waals surface area contributed by atoms with Gasteiger partial charge in [-0.15, -0.1) is 0 Å². The summed E-state index contributed by atoms with van der Waals surface area (Å²) < 4.78 is 5.20. The molecule has 6 heteroatoms. The number of carbonyl (C=O) groups excluding carboxylic acids is 1. The molecule has 0 aliphatic carbocycles. The molecule has 1 aromatic carbocycles. The summed E-state index contributed by atoms with van der Waals surface area (Å²) >= 11 is 0. The second kappa shape index (κ2) is 5.14. The normalized spacial score (nSPS) is 16.4. The van der Waals surface area contributed by atoms with E-state index >= 15 is 0 Å². The molecule has 3 rings (SSSR count). The number of aromatic amines is 1. The molecule has 6 nitrogen and oxygen atoms in total. The molecule has 0 saturated heterocycles. The zero-order valence-corrected chi connectivity index (χ0v) is 11.8. The van der Waals surface area contributed by atoms with Crippen LogP contribution >= 0.6 is 0 Å². The van der Waals surface area contributed by atoms with Crippen LogP contribution in [0.25, 0.3) is 10.8 Å². The lowest BCUT2D eigenvalue weighted by Crippen LogP contribution is -2.20. The Balaban J connectivity index is 2.02. The maximum Gasteiger partial charge on any atom is 0.255 e. The number of anilines is 1. The maximum absolute atomic E-state index is 12.1. The molecule has 21 heavy (non-hydrogen) atoms. The van der Waals surface area contributed by atoms with Crippen LogP contribution < -0.4 is 10.6 Å². The maximum atomic E-state index is 12.1. The lowest BCUT2D eigenvalue weighted by molar-refractivity contribution is -0.116. The Morgan fingerprint density at radius 2 is 2.14 bits per heavy atom. The molecule has 1 atom stereocenters. The van der Waals surface area contributed by atoms with Crippen molar-refractivity contribution in [2.75, 3.05) is 12.1 Å². The van der Waals surface area contributed by atoms with Crippen LogP contribution in [-0.4, -0.2) is 29.8 Å². The van der Waals surface area contributed by atoms with Crippen molar-refractivity contribution in [1.29, 1.82) is 0 Å². The van der Waals surface area contributed by atoms with Gasteiger partial charge in [-0.1, -0.05) is 0 Å². The highest BCUT2D eigenvalue weighted by molar-refractivity contribution is 6.14. The van der Waals surface area contributed by atoms with Crippen LogP contribution in [0.2, 0.25) is 0 Å². The monoisotopic (exact) mass is 285 g/mol. The van der Waals surface area contributed by atoms with Crippen LogP contribution in [0.5, 0.6) is 0 Å². The lowest BCUT2D eigenvalue weighted by Gasteiger charge is -2.12. The van der Waals surface area contributed by atoms with E-state index < -0.39 is 0 Å². The molecule has 1 unspecified atom stereocenters. The first-order valence-corrected chi connectivity index (χ1v) is 6.64. The minimum absolute atomic E-state index is 0.0990. The Kier molecular flexibility index (Phi) is 3.31. The Bertz CT molecular complexity index is 794. The largest absolute Gasteiger partial charge is 0.376 e. The van der Waals surface area contributed by atoms with Crippen molar-refractivity contribution in [3.8, 4) is 0 Å². The highest BCUT2D eigenvalue weighted by Crippen LogP contribution is 2.24. The van der Waals surface area contributed by atoms with Gasteiger partial charge in [0.25, 0.3) is 11.5 Å². The number of nitrogens with one attached hydrogen (secondary N) is 1. The molecule has 0 spiro atoms. The highest BCUT2D eigenvalue weighted by atomic mass is 16.5. The predicted octanol–water partition coefficient (Wildman–Crippen LogP) is 1.66. The number of hydrogen-bond donors (Lipinski definition) is 1. The first-order valence-electron chi connectivity index (χ1n) is 6.64. The van der Waals surface area contributed by atoms with E-state index in [0.717, 1.165) is 5.39 Å². The van der Waals surface area contributed by atoms with Crippen molar-refractivity contribution < 1.29 is 9.53 Å². The van der Waals surface area contributed by atoms with Gasteiger partial charge in [0.2, 0.25) is 0 Å². The summed E-state index contributed by atoms with van der Waals surface area (Å²) in [5.41, 5.74) is 1.20. The fourth-order valence-electron chi connectivity index (χ4n) is 2.32. The molecule has 0 radical (unpaired) electrons. The minimum Gasteiger partial charge on any atom is -0.376 e. The summed E-state index contributed by atoms with van der Waals surface area (Å²) in [6.07, 6.45) is 1.65. The van der Waals surface area contributed by atoms with E-state index in [1.807, 2.05) is 6.92 Å². The number of methoxy groups -OCH3 is 1. The van der Waals surface area contributed by atoms with Crippen molar-refractivity contribution in [2.24, 2.45) is 5.10 Å². The first-order chi connectivity index (χ1) is 10.1. The molecule has 0 saturated carbocycles. The van der Waals surface area contributed by atoms with Crippen molar-refractivity contribution in [2.45, 2.75) is 19.4 Å². The number of nitrogens with zero attached hydrogens (tertiary/aromatic N) is 2. The van der Waals surface area contributed by atoms with E-state index in [0.29, 0.717) is 16.8 Å². The quantitative estimate of drug-likeness (QED) is 0.931. The van der Waals surface area contributed by atoms with Crippen LogP contribution in [0.3, 0.4) is 0 Å². The third-order valence-electron chi connectivity index (χ3n) is 3.62. The molecule has 0 fully saturated rings. The minimum atomic E-state index is -0.192. The molecule has 1 aromatic heterocycles. The van der Waals surface area contributed by atoms with Crippen molar-refractivity contribution in [3.63, 3.8) is 0 Å². The van der Waals surface area contributed by atoms with Crippen molar-refractivity contribution >= 4 is 28.1 Å². The molecule has 2 heterocycles. The van der Waals surface area contributed by atoms with Gasteiger partial charge in [0.05, 0.1) is 23.9 Å². The number of hydrogen-bond acceptors (Lipinski definition) is 4. The van der Waals surface area contributed by atoms with Crippen LogP contribution in [0.1, 0.15) is 13.3 Å². The van der Waals surface area contributed by atoms with E-state index in [4.69, 9.17) is 4.74 Å². The van der Waals surface area contributed by atoms with E-state index in [1.165, 1.54) is 5.01 Å². The number of fused-ring (bicyclic) bond motifs is 1. The third kappa shape index (κ3) is 2.34. The number of ether oxygens (including phenoxy) is 1. The average Bonchev–Trinajstić information content (AvgIpc) is 2.88. The van der Waals surface area contributed by atoms with Crippen molar-refractivity contribution in [3.05, 3.63) is 40.8 Å². The van der Waals surface area contributed by atoms with Gasteiger partial charge in [0.15, 0.2) is 0 Å². The van der Waals surface area contributed by atoms with Gasteiger partial charge >= 0.3 is 0 Å². The van der Waals surface area contributed by atoms with Crippen LogP contribution in [0, 0.1) is 0 Å². The zero-order valence-electron chi connectivity index (χ0n) is 11.8. The van der Waals surface area contributed by atoms with Gasteiger partial charge in [-0.05, 0) is 36.6 Å². The topological polar surface area (TPSA) is 74.8 Å². The fraction of sp³-hybridized carbons (Fsp3) is 0.267. The van der Waals surface area contributed by atoms with Crippen LogP contribution in [0.4, 0.5) is 5.69 Å². The van der Waals surface area contributed by atoms with Gasteiger partial charge < -0.3 is 9.72 Å². The molecule has 1 aliphatic rings. The lowest BCUT2D eigenvalue weighted by atomic mass is 10.1. The average molecular weight is 285 g/mol. The second-order valence-corrected chi connectivity index (χ2v) is 4.93. The van der Waals surface area contributed by atoms with Gasteiger partial charge in [0, 0.05) is 18.7 Å². The first kappa shape index (κ1) is 13.5. The number of pyridine rings is 1. The standard InChI is InChI=1S/C15H15N3O3/c1-9(21-2)13-8-14(19)18(17-13)11-3-4-12-10(7-11)5-6-16-15(12)20/h3-7,9H,8H2,1-2H3,(H,16,20). The molecule has 1 N–H and O–H groups in total. The van der Waals surface area contributed by atoms with Gasteiger partial charge in [-0.25, -0.2) is 5.01 Å². The number of hydrazone groups is 1. The number of rotatable bonds is 3. The van der Waals surface area contributed by atoms with Crippen LogP contribution in [0.15, 0.2) is 40.4 Å². The molecular weight excluding hydrogens is 270 g/mol. The number of H-pyrrole nitrogens is 1. The molecule has 1 amide bonds. The SMILES string of the molecule is COC(C)C1=NN(c2ccc3c(=O)[nH]ccc3c2)C(=O)C1. The fourth-order valence-corrected chi connectivity index (χ4v) is 2.32. The molecule has 2 aromatic rings. The summed E-state index contributed by atoms with van der Waals surface area (Å²) in [5, 5.41) is 7.05. The Hall–Kier alpha value is -2.47. The van der Waals surface area contributed by atoms with Gasteiger partial charge in [-0.2, -0.15) is 5.10 Å². The summed E-state index contributed by atoms with van der Waals surface area (Å²) in [5.74, 6) is -0.0990. The van der Waals surface area contributed by atoms with Crippen molar-refractivity contribution in [1.82, 2.24) is 4.98 Å². The summed E-state index contributed by atoms with van der Waals surface area (Å²) in [4.78, 5) is 26.4. The zero-order chi connectivity index (χ0) is 15.0. The highest BCUT2D eigenvalue weighted by Gasteiger charge is 2.28. The predicted molar refractivity (Wildman–Crippen MR) is 80.6 cm³/mol. The Morgan fingerprint density at radius 3 is 2.90 bits per heavy atom. The summed E-state index contributed by atoms with van der Waals surface area (Å²) in [6, 6.07) is 7.00. The van der Waals surface area contributed by atoms with Gasteiger partial charge in [0.1, 0.15) is 0 Å².